The second-order valence-corrected chi connectivity index (χ2v) is 5.13. The molecule has 0 atom stereocenters. The van der Waals surface area contributed by atoms with Gasteiger partial charge >= 0.3 is 0 Å². The molecule has 0 fully saturated rings. The van der Waals surface area contributed by atoms with Crippen LogP contribution in [0.3, 0.4) is 0 Å². The van der Waals surface area contributed by atoms with Crippen molar-refractivity contribution < 1.29 is 13.5 Å². The van der Waals surface area contributed by atoms with Crippen LogP contribution in [-0.2, 0) is 0 Å². The number of fused-ring (bicyclic) bond motifs is 1. The highest BCUT2D eigenvalue weighted by molar-refractivity contribution is 6.31. The fraction of sp³-hybridized carbons (Fsp3) is 0.235. The Bertz CT molecular complexity index is 865. The molecule has 7 heteroatoms. The second-order valence-electron chi connectivity index (χ2n) is 4.72. The maximum Gasteiger partial charge on any atom is 0.215 e. The SMILES string of the molecule is CC.COc1cc2c(Nc3ccc(F)c(Cl)c3)c(N)oc2c(C)n1. The number of aromatic nitrogens is 1. The van der Waals surface area contributed by atoms with E-state index < -0.39 is 5.82 Å². The third-order valence-electron chi connectivity index (χ3n) is 3.24. The molecule has 0 saturated carbocycles. The number of ether oxygens (including phenoxy) is 1. The first-order valence-corrected chi connectivity index (χ1v) is 7.83. The highest BCUT2D eigenvalue weighted by Gasteiger charge is 2.16. The Kier molecular flexibility index (Phi) is 5.51. The van der Waals surface area contributed by atoms with Gasteiger partial charge in [0.1, 0.15) is 11.5 Å². The normalized spacial score (nSPS) is 10.2. The molecule has 0 aliphatic heterocycles. The summed E-state index contributed by atoms with van der Waals surface area (Å²) in [5, 5.41) is 3.83. The predicted molar refractivity (Wildman–Crippen MR) is 95.8 cm³/mol. The summed E-state index contributed by atoms with van der Waals surface area (Å²) in [6.07, 6.45) is 0. The van der Waals surface area contributed by atoms with E-state index in [4.69, 9.17) is 26.5 Å². The number of nitrogen functional groups attached to an aromatic ring is 1. The van der Waals surface area contributed by atoms with Crippen LogP contribution < -0.4 is 15.8 Å². The first-order chi connectivity index (χ1) is 11.5. The van der Waals surface area contributed by atoms with E-state index in [0.29, 0.717) is 28.5 Å². The fourth-order valence-electron chi connectivity index (χ4n) is 2.19. The largest absolute Gasteiger partial charge is 0.481 e. The summed E-state index contributed by atoms with van der Waals surface area (Å²) in [4.78, 5) is 4.24. The van der Waals surface area contributed by atoms with Crippen molar-refractivity contribution in [2.45, 2.75) is 20.8 Å². The Morgan fingerprint density at radius 1 is 1.29 bits per heavy atom. The average molecular weight is 352 g/mol. The van der Waals surface area contributed by atoms with E-state index >= 15 is 0 Å². The molecule has 24 heavy (non-hydrogen) atoms. The molecule has 3 rings (SSSR count). The van der Waals surface area contributed by atoms with Crippen molar-refractivity contribution in [3.8, 4) is 5.88 Å². The van der Waals surface area contributed by atoms with Gasteiger partial charge in [-0.3, -0.25) is 0 Å². The van der Waals surface area contributed by atoms with Crippen molar-refractivity contribution in [3.05, 3.63) is 40.8 Å². The zero-order valence-corrected chi connectivity index (χ0v) is 14.7. The summed E-state index contributed by atoms with van der Waals surface area (Å²) in [6.45, 7) is 5.80. The molecule has 0 aliphatic rings. The van der Waals surface area contributed by atoms with Gasteiger partial charge in [-0.15, -0.1) is 0 Å². The van der Waals surface area contributed by atoms with Gasteiger partial charge in [-0.25, -0.2) is 9.37 Å². The van der Waals surface area contributed by atoms with E-state index in [0.717, 1.165) is 5.39 Å². The number of anilines is 3. The number of hydrogen-bond acceptors (Lipinski definition) is 5. The van der Waals surface area contributed by atoms with Crippen LogP contribution in [-0.4, -0.2) is 12.1 Å². The van der Waals surface area contributed by atoms with Crippen molar-refractivity contribution in [2.24, 2.45) is 0 Å². The van der Waals surface area contributed by atoms with Crippen LogP contribution in [0, 0.1) is 12.7 Å². The van der Waals surface area contributed by atoms with E-state index in [-0.39, 0.29) is 10.9 Å². The van der Waals surface area contributed by atoms with Gasteiger partial charge in [-0.2, -0.15) is 0 Å². The highest BCUT2D eigenvalue weighted by Crippen LogP contribution is 2.38. The zero-order valence-electron chi connectivity index (χ0n) is 13.9. The molecule has 0 spiro atoms. The lowest BCUT2D eigenvalue weighted by atomic mass is 10.2. The molecule has 128 valence electrons. The number of nitrogens with zero attached hydrogens (tertiary/aromatic N) is 1. The molecule has 0 unspecified atom stereocenters. The maximum absolute atomic E-state index is 13.2. The lowest BCUT2D eigenvalue weighted by Gasteiger charge is -2.07. The molecule has 5 nitrogen and oxygen atoms in total. The predicted octanol–water partition coefficient (Wildman–Crippen LogP) is 5.29. The van der Waals surface area contributed by atoms with E-state index in [2.05, 4.69) is 10.3 Å². The molecule has 2 heterocycles. The summed E-state index contributed by atoms with van der Waals surface area (Å²) in [6, 6.07) is 6.03. The molecule has 0 bridgehead atoms. The number of methoxy groups -OCH3 is 1. The van der Waals surface area contributed by atoms with Crippen molar-refractivity contribution in [3.63, 3.8) is 0 Å². The van der Waals surface area contributed by atoms with E-state index in [9.17, 15) is 4.39 Å². The molecule has 0 saturated heterocycles. The molecule has 0 aliphatic carbocycles. The Morgan fingerprint density at radius 2 is 2.00 bits per heavy atom. The van der Waals surface area contributed by atoms with Crippen LogP contribution in [0.5, 0.6) is 5.88 Å². The number of hydrogen-bond donors (Lipinski definition) is 2. The van der Waals surface area contributed by atoms with E-state index in [1.165, 1.54) is 19.2 Å². The number of pyridine rings is 1. The van der Waals surface area contributed by atoms with Crippen LogP contribution in [0.15, 0.2) is 28.7 Å². The summed E-state index contributed by atoms with van der Waals surface area (Å²) < 4.78 is 23.9. The summed E-state index contributed by atoms with van der Waals surface area (Å²) in [5.41, 5.74) is 8.30. The summed E-state index contributed by atoms with van der Waals surface area (Å²) >= 11 is 5.79. The van der Waals surface area contributed by atoms with Crippen LogP contribution >= 0.6 is 11.6 Å². The number of aryl methyl sites for hydroxylation is 1. The third kappa shape index (κ3) is 3.38. The van der Waals surface area contributed by atoms with Gasteiger partial charge in [-0.1, -0.05) is 25.4 Å². The fourth-order valence-corrected chi connectivity index (χ4v) is 2.37. The van der Waals surface area contributed by atoms with Crippen molar-refractivity contribution in [1.82, 2.24) is 4.98 Å². The monoisotopic (exact) mass is 351 g/mol. The lowest BCUT2D eigenvalue weighted by Crippen LogP contribution is -1.95. The molecular weight excluding hydrogens is 333 g/mol. The number of nitrogens with two attached hydrogens (primary N) is 1. The van der Waals surface area contributed by atoms with Crippen molar-refractivity contribution in [1.29, 1.82) is 0 Å². The van der Waals surface area contributed by atoms with Gasteiger partial charge in [0.05, 0.1) is 23.2 Å². The van der Waals surface area contributed by atoms with E-state index in [1.54, 1.807) is 19.1 Å². The van der Waals surface area contributed by atoms with Crippen LogP contribution in [0.1, 0.15) is 19.5 Å². The first kappa shape index (κ1) is 17.9. The maximum atomic E-state index is 13.2. The van der Waals surface area contributed by atoms with Gasteiger partial charge in [0.25, 0.3) is 0 Å². The lowest BCUT2D eigenvalue weighted by molar-refractivity contribution is 0.397. The molecule has 0 amide bonds. The minimum Gasteiger partial charge on any atom is -0.481 e. The minimum absolute atomic E-state index is 0.0202. The molecule has 1 aromatic carbocycles. The number of furan rings is 1. The van der Waals surface area contributed by atoms with Crippen molar-refractivity contribution in [2.75, 3.05) is 18.2 Å². The van der Waals surface area contributed by atoms with Gasteiger partial charge in [0, 0.05) is 11.8 Å². The Balaban J connectivity index is 0.00000100. The van der Waals surface area contributed by atoms with Gasteiger partial charge in [-0.05, 0) is 25.1 Å². The zero-order chi connectivity index (χ0) is 17.9. The van der Waals surface area contributed by atoms with E-state index in [1.807, 2.05) is 13.8 Å². The highest BCUT2D eigenvalue weighted by atomic mass is 35.5. The third-order valence-corrected chi connectivity index (χ3v) is 3.53. The van der Waals surface area contributed by atoms with Gasteiger partial charge in [0.15, 0.2) is 5.58 Å². The van der Waals surface area contributed by atoms with Crippen LogP contribution in [0.25, 0.3) is 11.0 Å². The second kappa shape index (κ2) is 7.40. The molecule has 0 radical (unpaired) electrons. The Morgan fingerprint density at radius 3 is 2.62 bits per heavy atom. The molecule has 2 aromatic heterocycles. The number of halogens is 2. The number of nitrogens with one attached hydrogen (secondary N) is 1. The standard InChI is InChI=1S/C15H13ClFN3O2.C2H6/c1-7-14-9(6-12(19-7)21-2)13(15(18)22-14)20-8-3-4-11(17)10(16)5-8;1-2/h3-6,20H,18H2,1-2H3;1-2H3. The van der Waals surface area contributed by atoms with Crippen molar-refractivity contribution >= 4 is 39.8 Å². The van der Waals surface area contributed by atoms with Gasteiger partial charge < -0.3 is 20.2 Å². The average Bonchev–Trinajstić information content (AvgIpc) is 2.89. The number of benzene rings is 1. The Labute approximate surface area is 144 Å². The summed E-state index contributed by atoms with van der Waals surface area (Å²) in [5.74, 6) is 0.165. The molecule has 3 aromatic rings. The van der Waals surface area contributed by atoms with Crippen LogP contribution in [0.2, 0.25) is 5.02 Å². The first-order valence-electron chi connectivity index (χ1n) is 7.45. The molecule has 3 N–H and O–H groups in total. The topological polar surface area (TPSA) is 73.3 Å². The quantitative estimate of drug-likeness (QED) is 0.670. The number of rotatable bonds is 3. The smallest absolute Gasteiger partial charge is 0.215 e. The van der Waals surface area contributed by atoms with Crippen LogP contribution in [0.4, 0.5) is 21.6 Å². The Hall–Kier alpha value is -2.47. The van der Waals surface area contributed by atoms with Gasteiger partial charge in [0.2, 0.25) is 11.8 Å². The minimum atomic E-state index is -0.487. The molecular formula is C17H19ClFN3O2. The summed E-state index contributed by atoms with van der Waals surface area (Å²) in [7, 11) is 1.53.